The lowest BCUT2D eigenvalue weighted by molar-refractivity contribution is -0.109. The third kappa shape index (κ3) is 6.01. The number of rotatable bonds is 10. The van der Waals surface area contributed by atoms with Gasteiger partial charge in [0, 0.05) is 23.7 Å². The van der Waals surface area contributed by atoms with Gasteiger partial charge in [-0.1, -0.05) is 48.5 Å². The molecule has 0 atom stereocenters. The fourth-order valence-electron chi connectivity index (χ4n) is 3.73. The summed E-state index contributed by atoms with van der Waals surface area (Å²) in [6.07, 6.45) is 4.47. The van der Waals surface area contributed by atoms with Gasteiger partial charge in [-0.2, -0.15) is 0 Å². The second-order valence-corrected chi connectivity index (χ2v) is 7.26. The average Bonchev–Trinajstić information content (AvgIpc) is 2.75. The fourth-order valence-corrected chi connectivity index (χ4v) is 3.73. The van der Waals surface area contributed by atoms with Gasteiger partial charge in [-0.3, -0.25) is 4.79 Å². The average molecular weight is 380 g/mol. The molecule has 1 heterocycles. The zero-order valence-electron chi connectivity index (χ0n) is 16.3. The number of piperidine rings is 1. The Morgan fingerprint density at radius 3 is 2.32 bits per heavy atom. The quantitative estimate of drug-likeness (QED) is 0.388. The Morgan fingerprint density at radius 1 is 1.04 bits per heavy atom. The lowest BCUT2D eigenvalue weighted by atomic mass is 10.0. The third-order valence-electron chi connectivity index (χ3n) is 5.29. The molecule has 148 valence electrons. The molecule has 2 aromatic rings. The molecule has 3 rings (SSSR count). The highest BCUT2D eigenvalue weighted by Gasteiger charge is 2.24. The molecule has 5 heteroatoms. The maximum Gasteiger partial charge on any atom is 0.162 e. The zero-order chi connectivity index (χ0) is 19.6. The standard InChI is InChI=1S/C23H29N3O2/c27-19-18-26(24-21-10-5-2-6-11-21)22-13-16-25(17-14-22)15-7-12-23(28)20-8-3-1-4-9-20/h1-6,8-11,19,22,24H,7,12-18H2. The normalized spacial score (nSPS) is 15.5. The molecule has 0 aliphatic carbocycles. The number of benzene rings is 2. The number of likely N-dealkylation sites (tertiary alicyclic amines) is 1. The van der Waals surface area contributed by atoms with Gasteiger partial charge in [-0.25, -0.2) is 5.01 Å². The molecule has 5 nitrogen and oxygen atoms in total. The Hall–Kier alpha value is -2.50. The van der Waals surface area contributed by atoms with E-state index in [0.717, 1.165) is 56.4 Å². The zero-order valence-corrected chi connectivity index (χ0v) is 16.3. The molecule has 1 fully saturated rings. The largest absolute Gasteiger partial charge is 0.318 e. The number of Topliss-reactive ketones (excluding diaryl/α,β-unsaturated/α-hetero) is 1. The van der Waals surface area contributed by atoms with Gasteiger partial charge in [0.1, 0.15) is 6.29 Å². The van der Waals surface area contributed by atoms with E-state index in [1.165, 1.54) is 0 Å². The number of aldehydes is 1. The van der Waals surface area contributed by atoms with Crippen LogP contribution in [0.25, 0.3) is 0 Å². The number of hydrogen-bond acceptors (Lipinski definition) is 5. The number of hydrazine groups is 1. The van der Waals surface area contributed by atoms with E-state index in [1.54, 1.807) is 0 Å². The van der Waals surface area contributed by atoms with E-state index in [1.807, 2.05) is 60.7 Å². The molecule has 1 aliphatic heterocycles. The summed E-state index contributed by atoms with van der Waals surface area (Å²) >= 11 is 0. The van der Waals surface area contributed by atoms with Crippen molar-refractivity contribution in [3.05, 3.63) is 66.2 Å². The van der Waals surface area contributed by atoms with E-state index < -0.39 is 0 Å². The van der Waals surface area contributed by atoms with E-state index in [0.29, 0.717) is 19.0 Å². The van der Waals surface area contributed by atoms with Crippen LogP contribution in [0.5, 0.6) is 0 Å². The number of para-hydroxylation sites is 1. The van der Waals surface area contributed by atoms with Crippen molar-refractivity contribution >= 4 is 17.8 Å². The number of hydrogen-bond donors (Lipinski definition) is 1. The van der Waals surface area contributed by atoms with Crippen LogP contribution in [0.3, 0.4) is 0 Å². The third-order valence-corrected chi connectivity index (χ3v) is 5.29. The molecule has 0 radical (unpaired) electrons. The SMILES string of the molecule is O=CCN(Nc1ccccc1)C1CCN(CCCC(=O)c2ccccc2)CC1. The highest BCUT2D eigenvalue weighted by Crippen LogP contribution is 2.18. The Balaban J connectivity index is 1.41. The minimum absolute atomic E-state index is 0.222. The minimum Gasteiger partial charge on any atom is -0.318 e. The van der Waals surface area contributed by atoms with Crippen molar-refractivity contribution in [2.45, 2.75) is 31.7 Å². The first-order chi connectivity index (χ1) is 13.8. The van der Waals surface area contributed by atoms with Crippen LogP contribution >= 0.6 is 0 Å². The molecule has 1 saturated heterocycles. The number of carbonyl (C=O) groups is 2. The highest BCUT2D eigenvalue weighted by molar-refractivity contribution is 5.95. The van der Waals surface area contributed by atoms with E-state index in [4.69, 9.17) is 0 Å². The number of carbonyl (C=O) groups excluding carboxylic acids is 2. The van der Waals surface area contributed by atoms with Gasteiger partial charge in [-0.05, 0) is 51.0 Å². The second kappa shape index (κ2) is 10.7. The number of anilines is 1. The predicted octanol–water partition coefficient (Wildman–Crippen LogP) is 3.64. The molecule has 1 aliphatic rings. The van der Waals surface area contributed by atoms with E-state index in [9.17, 15) is 9.59 Å². The summed E-state index contributed by atoms with van der Waals surface area (Å²) in [5, 5.41) is 2.05. The van der Waals surface area contributed by atoms with Gasteiger partial charge in [0.05, 0.1) is 6.54 Å². The summed E-state index contributed by atoms with van der Waals surface area (Å²) in [4.78, 5) is 25.7. The molecule has 1 N–H and O–H groups in total. The van der Waals surface area contributed by atoms with E-state index in [2.05, 4.69) is 15.3 Å². The molecule has 28 heavy (non-hydrogen) atoms. The van der Waals surface area contributed by atoms with Gasteiger partial charge in [0.25, 0.3) is 0 Å². The molecular formula is C23H29N3O2. The molecule has 0 aromatic heterocycles. The maximum atomic E-state index is 12.2. The topological polar surface area (TPSA) is 52.7 Å². The van der Waals surface area contributed by atoms with Crippen LogP contribution in [0.1, 0.15) is 36.0 Å². The predicted molar refractivity (Wildman–Crippen MR) is 112 cm³/mol. The first-order valence-corrected chi connectivity index (χ1v) is 10.1. The highest BCUT2D eigenvalue weighted by atomic mass is 16.1. The van der Waals surface area contributed by atoms with Gasteiger partial charge in [0.15, 0.2) is 5.78 Å². The first kappa shape index (κ1) is 20.2. The van der Waals surface area contributed by atoms with Crippen molar-refractivity contribution in [3.8, 4) is 0 Å². The molecule has 0 unspecified atom stereocenters. The van der Waals surface area contributed by atoms with Crippen molar-refractivity contribution in [1.29, 1.82) is 0 Å². The monoisotopic (exact) mass is 379 g/mol. The number of nitrogens with zero attached hydrogens (tertiary/aromatic N) is 2. The van der Waals surface area contributed by atoms with E-state index in [-0.39, 0.29) is 5.78 Å². The second-order valence-electron chi connectivity index (χ2n) is 7.26. The maximum absolute atomic E-state index is 12.2. The van der Waals surface area contributed by atoms with Crippen molar-refractivity contribution in [2.24, 2.45) is 0 Å². The molecular weight excluding hydrogens is 350 g/mol. The van der Waals surface area contributed by atoms with Crippen LogP contribution in [0.2, 0.25) is 0 Å². The van der Waals surface area contributed by atoms with E-state index >= 15 is 0 Å². The summed E-state index contributed by atoms with van der Waals surface area (Å²) in [6.45, 7) is 3.32. The van der Waals surface area contributed by atoms with Crippen LogP contribution in [0.15, 0.2) is 60.7 Å². The molecule has 0 saturated carbocycles. The number of ketones is 1. The van der Waals surface area contributed by atoms with Crippen molar-refractivity contribution in [2.75, 3.05) is 31.6 Å². The number of nitrogens with one attached hydrogen (secondary N) is 1. The summed E-state index contributed by atoms with van der Waals surface area (Å²) in [7, 11) is 0. The molecule has 0 bridgehead atoms. The Labute approximate surface area is 167 Å². The van der Waals surface area contributed by atoms with Crippen LogP contribution in [-0.2, 0) is 4.79 Å². The minimum atomic E-state index is 0.222. The van der Waals surface area contributed by atoms with Gasteiger partial charge in [-0.15, -0.1) is 0 Å². The van der Waals surface area contributed by atoms with Crippen LogP contribution in [0, 0.1) is 0 Å². The summed E-state index contributed by atoms with van der Waals surface area (Å²) in [5.74, 6) is 0.222. The van der Waals surface area contributed by atoms with Gasteiger partial charge >= 0.3 is 0 Å². The first-order valence-electron chi connectivity index (χ1n) is 10.1. The Kier molecular flexibility index (Phi) is 7.76. The fraction of sp³-hybridized carbons (Fsp3) is 0.391. The summed E-state index contributed by atoms with van der Waals surface area (Å²) in [6, 6.07) is 19.8. The van der Waals surface area contributed by atoms with Crippen LogP contribution in [-0.4, -0.2) is 54.2 Å². The van der Waals surface area contributed by atoms with Crippen LogP contribution in [0.4, 0.5) is 5.69 Å². The van der Waals surface area contributed by atoms with Crippen LogP contribution < -0.4 is 5.43 Å². The molecule has 0 amide bonds. The van der Waals surface area contributed by atoms with Gasteiger partial charge in [0.2, 0.25) is 0 Å². The smallest absolute Gasteiger partial charge is 0.162 e. The van der Waals surface area contributed by atoms with Crippen molar-refractivity contribution in [1.82, 2.24) is 9.91 Å². The lowest BCUT2D eigenvalue weighted by Gasteiger charge is -2.38. The lowest BCUT2D eigenvalue weighted by Crippen LogP contribution is -2.48. The van der Waals surface area contributed by atoms with Crippen molar-refractivity contribution in [3.63, 3.8) is 0 Å². The Morgan fingerprint density at radius 2 is 1.68 bits per heavy atom. The summed E-state index contributed by atoms with van der Waals surface area (Å²) < 4.78 is 0. The van der Waals surface area contributed by atoms with Crippen molar-refractivity contribution < 1.29 is 9.59 Å². The van der Waals surface area contributed by atoms with Gasteiger partial charge < -0.3 is 15.1 Å². The Bertz CT molecular complexity index is 728. The molecule has 2 aromatic carbocycles. The molecule has 0 spiro atoms. The summed E-state index contributed by atoms with van der Waals surface area (Å²) in [5.41, 5.74) is 5.19.